The van der Waals surface area contributed by atoms with Crippen molar-refractivity contribution in [2.75, 3.05) is 14.2 Å². The number of aromatic nitrogens is 1. The number of esters is 1. The van der Waals surface area contributed by atoms with Gasteiger partial charge >= 0.3 is 11.9 Å². The first-order valence-electron chi connectivity index (χ1n) is 18.6. The number of methoxy groups -OCH3 is 2. The lowest BCUT2D eigenvalue weighted by Gasteiger charge is -2.43. The van der Waals surface area contributed by atoms with Crippen LogP contribution in [-0.4, -0.2) is 101 Å². The van der Waals surface area contributed by atoms with Gasteiger partial charge < -0.3 is 70.0 Å². The van der Waals surface area contributed by atoms with Crippen LogP contribution in [0.1, 0.15) is 35.1 Å². The lowest BCUT2D eigenvalue weighted by atomic mass is 9.79. The Morgan fingerprint density at radius 1 is 0.879 bits per heavy atom. The summed E-state index contributed by atoms with van der Waals surface area (Å²) in [4.78, 5) is 26.8. The molecule has 0 saturated carbocycles. The number of benzene rings is 4. The molecule has 0 amide bonds. The summed E-state index contributed by atoms with van der Waals surface area (Å²) in [5, 5.41) is 43.1. The molecule has 16 nitrogen and oxygen atoms in total. The topological polar surface area (TPSA) is 247 Å². The number of aliphatic carboxylic acids is 1. The fourth-order valence-electron chi connectivity index (χ4n) is 8.18. The van der Waals surface area contributed by atoms with E-state index in [2.05, 4.69) is 4.98 Å². The van der Waals surface area contributed by atoms with Crippen LogP contribution in [-0.2, 0) is 25.5 Å². The van der Waals surface area contributed by atoms with Gasteiger partial charge in [0.05, 0.1) is 26.3 Å². The highest BCUT2D eigenvalue weighted by molar-refractivity contribution is 5.97. The third kappa shape index (κ3) is 7.03. The van der Waals surface area contributed by atoms with E-state index in [0.29, 0.717) is 40.5 Å². The second kappa shape index (κ2) is 15.8. The normalized spacial score (nSPS) is 25.1. The van der Waals surface area contributed by atoms with Gasteiger partial charge in [-0.15, -0.1) is 0 Å². The number of carbonyl (C=O) groups excluding carboxylic acids is 1. The van der Waals surface area contributed by atoms with Gasteiger partial charge in [-0.1, -0.05) is 54.6 Å². The summed E-state index contributed by atoms with van der Waals surface area (Å²) < 4.78 is 42.8. The summed E-state index contributed by atoms with van der Waals surface area (Å²) in [5.41, 5.74) is 16.7. The quantitative estimate of drug-likeness (QED) is 0.0545. The van der Waals surface area contributed by atoms with Gasteiger partial charge in [-0.25, -0.2) is 0 Å². The van der Waals surface area contributed by atoms with Gasteiger partial charge in [-0.05, 0) is 29.3 Å². The predicted molar refractivity (Wildman–Crippen MR) is 206 cm³/mol. The van der Waals surface area contributed by atoms with E-state index in [9.17, 15) is 24.9 Å². The van der Waals surface area contributed by atoms with E-state index in [1.807, 2.05) is 72.9 Å². The first-order chi connectivity index (χ1) is 28.0. The molecule has 3 aliphatic heterocycles. The van der Waals surface area contributed by atoms with Crippen LogP contribution in [0.4, 0.5) is 0 Å². The Morgan fingerprint density at radius 3 is 2.36 bits per heavy atom. The molecule has 1 saturated heterocycles. The number of aliphatic hydroxyl groups is 3. The number of rotatable bonds is 12. The van der Waals surface area contributed by atoms with Crippen molar-refractivity contribution in [3.8, 4) is 39.9 Å². The van der Waals surface area contributed by atoms with Crippen LogP contribution in [0.3, 0.4) is 0 Å². The molecule has 4 aromatic carbocycles. The van der Waals surface area contributed by atoms with Gasteiger partial charge in [0.1, 0.15) is 54.5 Å². The van der Waals surface area contributed by atoms with E-state index in [4.69, 9.17) is 49.7 Å². The standard InChI is InChI=1S/C42H43N3O13/c1-52-26-13-12-22-31-27(14-19-8-4-3-5-9-19)55-28-16-20(54-42-35(51)33(49)34(50)39(58-42)40(41(43)44)56-30(48)17-29(46)47)15-23(24-18-45-25-11-7-6-10-21(24)25)32(28)38(31)57-36(22)37(26)53-2/h3-13,15-16,18,27,31,33-35,38-42,45,49-51H,14,17,43-44H2,1-2H3,(H,46,47)/t27-,31-,33+,34+,35-,38-,39+,40+,42-/m1/s1. The van der Waals surface area contributed by atoms with Crippen molar-refractivity contribution in [3.63, 3.8) is 0 Å². The lowest BCUT2D eigenvalue weighted by molar-refractivity contribution is -0.291. The molecule has 8 rings (SSSR count). The molecular weight excluding hydrogens is 754 g/mol. The molecule has 304 valence electrons. The van der Waals surface area contributed by atoms with Crippen molar-refractivity contribution in [1.82, 2.24) is 4.98 Å². The van der Waals surface area contributed by atoms with Crippen molar-refractivity contribution < 1.29 is 63.2 Å². The molecule has 3 aliphatic rings. The molecular formula is C42H43N3O13. The molecule has 0 unspecified atom stereocenters. The number of hydrogen-bond donors (Lipinski definition) is 7. The van der Waals surface area contributed by atoms with Gasteiger partial charge in [0.25, 0.3) is 0 Å². The summed E-state index contributed by atoms with van der Waals surface area (Å²) in [6.45, 7) is 0. The van der Waals surface area contributed by atoms with E-state index in [1.54, 1.807) is 26.4 Å². The Morgan fingerprint density at radius 2 is 1.64 bits per heavy atom. The summed E-state index contributed by atoms with van der Waals surface area (Å²) in [5.74, 6) is -0.957. The van der Waals surface area contributed by atoms with Crippen molar-refractivity contribution in [2.24, 2.45) is 11.5 Å². The Labute approximate surface area is 331 Å². The SMILES string of the molecule is COc1ccc2c(c1OC)O[C@H]1c3c(cc(O[C@@H]4O[C@H]([C@H](OC(=O)CC(=O)O)C(N)N)[C@@H](O)[C@H](O)[C@H]4O)cc3-c3c[nH]c4ccccc34)O[C@H](Cc3ccccc3)[C@@H]21. The number of nitrogens with two attached hydrogens (primary N) is 2. The molecule has 0 bridgehead atoms. The molecule has 0 spiro atoms. The largest absolute Gasteiger partial charge is 0.493 e. The van der Waals surface area contributed by atoms with Crippen LogP contribution in [0.5, 0.6) is 28.7 Å². The number of carboxylic acid groups (broad SMARTS) is 1. The number of aromatic amines is 1. The third-order valence-corrected chi connectivity index (χ3v) is 10.8. The first kappa shape index (κ1) is 39.0. The van der Waals surface area contributed by atoms with Gasteiger partial charge in [-0.3, -0.25) is 9.59 Å². The minimum atomic E-state index is -1.89. The summed E-state index contributed by atoms with van der Waals surface area (Å²) in [6.07, 6.45) is -11.7. The number of hydrogen-bond acceptors (Lipinski definition) is 14. The number of carboxylic acids is 1. The average molecular weight is 798 g/mol. The fraction of sp³-hybridized carbons (Fsp3) is 0.333. The van der Waals surface area contributed by atoms with Crippen LogP contribution >= 0.6 is 0 Å². The molecule has 16 heteroatoms. The minimum absolute atomic E-state index is 0.133. The highest BCUT2D eigenvalue weighted by atomic mass is 16.7. The number of para-hydroxylation sites is 1. The van der Waals surface area contributed by atoms with Crippen molar-refractivity contribution in [2.45, 2.75) is 73.9 Å². The maximum absolute atomic E-state index is 12.3. The second-order valence-electron chi connectivity index (χ2n) is 14.4. The molecule has 5 aromatic rings. The Hall–Kier alpha value is -5.88. The van der Waals surface area contributed by atoms with Gasteiger partial charge in [0.2, 0.25) is 12.0 Å². The molecule has 9 atom stereocenters. The number of H-pyrrole nitrogens is 1. The van der Waals surface area contributed by atoms with Crippen LogP contribution in [0.15, 0.2) is 85.1 Å². The smallest absolute Gasteiger partial charge is 0.317 e. The van der Waals surface area contributed by atoms with E-state index >= 15 is 0 Å². The van der Waals surface area contributed by atoms with Crippen LogP contribution in [0, 0.1) is 0 Å². The number of carbonyl (C=O) groups is 2. The second-order valence-corrected chi connectivity index (χ2v) is 14.4. The van der Waals surface area contributed by atoms with Crippen molar-refractivity contribution in [3.05, 3.63) is 102 Å². The van der Waals surface area contributed by atoms with E-state index < -0.39 is 73.5 Å². The molecule has 1 aromatic heterocycles. The monoisotopic (exact) mass is 797 g/mol. The third-order valence-electron chi connectivity index (χ3n) is 10.8. The summed E-state index contributed by atoms with van der Waals surface area (Å²) in [7, 11) is 3.12. The Kier molecular flexibility index (Phi) is 10.6. The van der Waals surface area contributed by atoms with Crippen LogP contribution < -0.4 is 35.2 Å². The van der Waals surface area contributed by atoms with Crippen LogP contribution in [0.2, 0.25) is 0 Å². The highest BCUT2D eigenvalue weighted by Gasteiger charge is 2.52. The lowest BCUT2D eigenvalue weighted by Crippen LogP contribution is -2.66. The maximum Gasteiger partial charge on any atom is 0.317 e. The maximum atomic E-state index is 12.3. The number of ether oxygens (including phenoxy) is 7. The first-order valence-corrected chi connectivity index (χ1v) is 18.6. The fourth-order valence-corrected chi connectivity index (χ4v) is 8.18. The minimum Gasteiger partial charge on any atom is -0.493 e. The van der Waals surface area contributed by atoms with E-state index in [1.165, 1.54) is 0 Å². The zero-order valence-corrected chi connectivity index (χ0v) is 31.4. The summed E-state index contributed by atoms with van der Waals surface area (Å²) in [6, 6.07) is 24.8. The predicted octanol–water partition coefficient (Wildman–Crippen LogP) is 2.89. The zero-order chi connectivity index (χ0) is 40.8. The average Bonchev–Trinajstić information content (AvgIpc) is 3.82. The Bertz CT molecular complexity index is 2320. The zero-order valence-electron chi connectivity index (χ0n) is 31.4. The molecule has 0 radical (unpaired) electrons. The van der Waals surface area contributed by atoms with Gasteiger partial charge in [-0.2, -0.15) is 0 Å². The van der Waals surface area contributed by atoms with Gasteiger partial charge in [0.15, 0.2) is 17.6 Å². The summed E-state index contributed by atoms with van der Waals surface area (Å²) >= 11 is 0. The van der Waals surface area contributed by atoms with Crippen LogP contribution in [0.25, 0.3) is 22.0 Å². The van der Waals surface area contributed by atoms with Crippen molar-refractivity contribution >= 4 is 22.8 Å². The van der Waals surface area contributed by atoms with Crippen molar-refractivity contribution in [1.29, 1.82) is 0 Å². The Balaban J connectivity index is 1.24. The molecule has 58 heavy (non-hydrogen) atoms. The van der Waals surface area contributed by atoms with E-state index in [-0.39, 0.29) is 11.7 Å². The number of nitrogens with one attached hydrogen (secondary N) is 1. The molecule has 0 aliphatic carbocycles. The number of aliphatic hydroxyl groups excluding tert-OH is 3. The molecule has 1 fully saturated rings. The van der Waals surface area contributed by atoms with E-state index in [0.717, 1.165) is 27.6 Å². The molecule has 4 heterocycles. The number of fused-ring (bicyclic) bond motifs is 6. The van der Waals surface area contributed by atoms with Gasteiger partial charge in [0, 0.05) is 46.3 Å². The molecule has 9 N–H and O–H groups in total. The highest BCUT2D eigenvalue weighted by Crippen LogP contribution is 2.60.